The number of benzene rings is 2. The number of aliphatic carboxylic acids is 1. The molecule has 10 nitrogen and oxygen atoms in total. The highest BCUT2D eigenvalue weighted by Gasteiger charge is 2.38. The summed E-state index contributed by atoms with van der Waals surface area (Å²) in [6.07, 6.45) is 1.34. The van der Waals surface area contributed by atoms with Crippen LogP contribution >= 0.6 is 0 Å². The molecule has 0 bridgehead atoms. The molecule has 4 N–H and O–H groups in total. The molecule has 2 rings (SSSR count). The van der Waals surface area contributed by atoms with E-state index in [0.29, 0.717) is 22.8 Å². The van der Waals surface area contributed by atoms with Crippen LogP contribution in [0.2, 0.25) is 0 Å². The SMILES string of the molecule is COc1cc(OC)c(C=CS(=O)(=O)Cc2ccc(OC)c([C@](N)(CO)C(=O)O)c2)c(OC)c1. The summed E-state index contributed by atoms with van der Waals surface area (Å²) in [5, 5.41) is 20.1. The lowest BCUT2D eigenvalue weighted by molar-refractivity contribution is -0.145. The number of nitrogens with two attached hydrogens (primary N) is 1. The van der Waals surface area contributed by atoms with E-state index < -0.39 is 33.7 Å². The molecule has 0 heterocycles. The van der Waals surface area contributed by atoms with E-state index in [-0.39, 0.29) is 16.9 Å². The Kier molecular flexibility index (Phi) is 8.31. The first-order valence-corrected chi connectivity index (χ1v) is 11.3. The zero-order valence-corrected chi connectivity index (χ0v) is 19.5. The van der Waals surface area contributed by atoms with Crippen molar-refractivity contribution in [3.8, 4) is 23.0 Å². The molecule has 0 fully saturated rings. The van der Waals surface area contributed by atoms with Gasteiger partial charge in [0.15, 0.2) is 15.4 Å². The zero-order chi connectivity index (χ0) is 24.8. The summed E-state index contributed by atoms with van der Waals surface area (Å²) in [7, 11) is 1.84. The predicted molar refractivity (Wildman–Crippen MR) is 121 cm³/mol. The highest BCUT2D eigenvalue weighted by Crippen LogP contribution is 2.35. The molecule has 0 amide bonds. The first-order valence-electron chi connectivity index (χ1n) is 9.56. The number of carbonyl (C=O) groups is 1. The molecule has 0 saturated heterocycles. The third kappa shape index (κ3) is 5.75. The molecule has 2 aromatic carbocycles. The average Bonchev–Trinajstić information content (AvgIpc) is 2.81. The number of hydrogen-bond acceptors (Lipinski definition) is 9. The van der Waals surface area contributed by atoms with Crippen molar-refractivity contribution >= 4 is 21.9 Å². The minimum absolute atomic E-state index is 0.0461. The van der Waals surface area contributed by atoms with Crippen LogP contribution in [-0.2, 0) is 25.9 Å². The number of methoxy groups -OCH3 is 4. The summed E-state index contributed by atoms with van der Waals surface area (Å²) >= 11 is 0. The van der Waals surface area contributed by atoms with Crippen LogP contribution in [-0.4, -0.2) is 59.6 Å². The Morgan fingerprint density at radius 2 is 1.58 bits per heavy atom. The van der Waals surface area contributed by atoms with Gasteiger partial charge in [0.2, 0.25) is 0 Å². The van der Waals surface area contributed by atoms with Gasteiger partial charge in [0.05, 0.1) is 46.4 Å². The standard InChI is InChI=1S/C22H27NO9S/c1-29-15-10-19(31-3)16(20(11-15)32-4)7-8-33(27,28)12-14-5-6-18(30-2)17(9-14)22(23,13-24)21(25)26/h5-11,24H,12-13,23H2,1-4H3,(H,25,26)/t22-/m1/s1. The fraction of sp³-hybridized carbons (Fsp3) is 0.318. The van der Waals surface area contributed by atoms with E-state index in [9.17, 15) is 23.4 Å². The molecule has 0 radical (unpaired) electrons. The number of aliphatic hydroxyl groups is 1. The molecule has 0 aliphatic carbocycles. The summed E-state index contributed by atoms with van der Waals surface area (Å²) < 4.78 is 46.5. The van der Waals surface area contributed by atoms with Gasteiger partial charge in [-0.15, -0.1) is 0 Å². The number of hydrogen-bond donors (Lipinski definition) is 3. The predicted octanol–water partition coefficient (Wildman–Crippen LogP) is 1.54. The van der Waals surface area contributed by atoms with E-state index in [1.165, 1.54) is 52.7 Å². The summed E-state index contributed by atoms with van der Waals surface area (Å²) in [6, 6.07) is 7.35. The molecule has 0 spiro atoms. The fourth-order valence-electron chi connectivity index (χ4n) is 3.11. The molecule has 0 aliphatic heterocycles. The minimum Gasteiger partial charge on any atom is -0.496 e. The number of rotatable bonds is 11. The molecule has 2 aromatic rings. The lowest BCUT2D eigenvalue weighted by Crippen LogP contribution is -2.48. The third-order valence-corrected chi connectivity index (χ3v) is 6.23. The lowest BCUT2D eigenvalue weighted by Gasteiger charge is -2.25. The second kappa shape index (κ2) is 10.6. The summed E-state index contributed by atoms with van der Waals surface area (Å²) in [5.41, 5.74) is 4.31. The van der Waals surface area contributed by atoms with Gasteiger partial charge in [0.25, 0.3) is 0 Å². The van der Waals surface area contributed by atoms with Crippen LogP contribution in [0.1, 0.15) is 16.7 Å². The molecular formula is C22H27NO9S. The van der Waals surface area contributed by atoms with Crippen LogP contribution in [0.5, 0.6) is 23.0 Å². The van der Waals surface area contributed by atoms with Crippen molar-refractivity contribution in [3.63, 3.8) is 0 Å². The van der Waals surface area contributed by atoms with Gasteiger partial charge in [-0.3, -0.25) is 0 Å². The van der Waals surface area contributed by atoms with E-state index in [1.54, 1.807) is 12.1 Å². The number of sulfone groups is 1. The first-order chi connectivity index (χ1) is 15.5. The molecular weight excluding hydrogens is 454 g/mol. The topological polar surface area (TPSA) is 155 Å². The number of ether oxygens (including phenoxy) is 4. The van der Waals surface area contributed by atoms with Crippen molar-refractivity contribution in [2.75, 3.05) is 35.0 Å². The van der Waals surface area contributed by atoms with Crippen molar-refractivity contribution in [2.45, 2.75) is 11.3 Å². The van der Waals surface area contributed by atoms with Crippen molar-refractivity contribution in [3.05, 3.63) is 52.4 Å². The van der Waals surface area contributed by atoms with Crippen LogP contribution in [0.4, 0.5) is 0 Å². The van der Waals surface area contributed by atoms with Crippen LogP contribution in [0.15, 0.2) is 35.7 Å². The Bertz CT molecular complexity index is 1120. The van der Waals surface area contributed by atoms with Gasteiger partial charge >= 0.3 is 5.97 Å². The van der Waals surface area contributed by atoms with Crippen molar-refractivity contribution in [1.82, 2.24) is 0 Å². The average molecular weight is 482 g/mol. The van der Waals surface area contributed by atoms with Gasteiger partial charge in [-0.05, 0) is 23.8 Å². The highest BCUT2D eigenvalue weighted by molar-refractivity contribution is 7.93. The Morgan fingerprint density at radius 1 is 1.00 bits per heavy atom. The van der Waals surface area contributed by atoms with Crippen LogP contribution in [0.3, 0.4) is 0 Å². The Balaban J connectivity index is 2.44. The minimum atomic E-state index is -3.82. The molecule has 180 valence electrons. The van der Waals surface area contributed by atoms with Crippen molar-refractivity contribution in [1.29, 1.82) is 0 Å². The Morgan fingerprint density at radius 3 is 2.03 bits per heavy atom. The van der Waals surface area contributed by atoms with Crippen molar-refractivity contribution in [2.24, 2.45) is 5.73 Å². The van der Waals surface area contributed by atoms with E-state index in [2.05, 4.69) is 0 Å². The second-order valence-electron chi connectivity index (χ2n) is 7.02. The fourth-order valence-corrected chi connectivity index (χ4v) is 4.19. The van der Waals surface area contributed by atoms with E-state index >= 15 is 0 Å². The van der Waals surface area contributed by atoms with Crippen LogP contribution < -0.4 is 24.7 Å². The largest absolute Gasteiger partial charge is 0.496 e. The number of carboxylic acids is 1. The normalized spacial score (nSPS) is 13.4. The van der Waals surface area contributed by atoms with Gasteiger partial charge in [-0.25, -0.2) is 13.2 Å². The van der Waals surface area contributed by atoms with E-state index in [4.69, 9.17) is 24.7 Å². The molecule has 0 saturated carbocycles. The smallest absolute Gasteiger partial charge is 0.330 e. The molecule has 33 heavy (non-hydrogen) atoms. The Hall–Kier alpha value is -3.28. The van der Waals surface area contributed by atoms with Gasteiger partial charge in [0.1, 0.15) is 23.0 Å². The quantitative estimate of drug-likeness (QED) is 0.430. The summed E-state index contributed by atoms with van der Waals surface area (Å²) in [6.45, 7) is -0.911. The maximum Gasteiger partial charge on any atom is 0.330 e. The molecule has 11 heteroatoms. The second-order valence-corrected chi connectivity index (χ2v) is 8.91. The molecule has 0 aliphatic rings. The third-order valence-electron chi connectivity index (χ3n) is 4.94. The monoisotopic (exact) mass is 481 g/mol. The number of carboxylic acid groups (broad SMARTS) is 1. The van der Waals surface area contributed by atoms with Gasteiger partial charge in [0, 0.05) is 23.1 Å². The number of aliphatic hydroxyl groups excluding tert-OH is 1. The summed E-state index contributed by atoms with van der Waals surface area (Å²) in [5.74, 6) is -0.659. The Labute approximate surface area is 192 Å². The maximum atomic E-state index is 12.8. The van der Waals surface area contributed by atoms with Gasteiger partial charge < -0.3 is 34.9 Å². The molecule has 1 atom stereocenters. The highest BCUT2D eigenvalue weighted by atomic mass is 32.2. The summed E-state index contributed by atoms with van der Waals surface area (Å²) in [4.78, 5) is 11.6. The van der Waals surface area contributed by atoms with Crippen LogP contribution in [0, 0.1) is 0 Å². The lowest BCUT2D eigenvalue weighted by atomic mass is 9.90. The zero-order valence-electron chi connectivity index (χ0n) is 18.7. The first kappa shape index (κ1) is 26.0. The van der Waals surface area contributed by atoms with Gasteiger partial charge in [-0.2, -0.15) is 0 Å². The van der Waals surface area contributed by atoms with Gasteiger partial charge in [-0.1, -0.05) is 6.07 Å². The molecule has 0 aromatic heterocycles. The van der Waals surface area contributed by atoms with Crippen LogP contribution in [0.25, 0.3) is 6.08 Å². The molecule has 0 unspecified atom stereocenters. The maximum absolute atomic E-state index is 12.8. The van der Waals surface area contributed by atoms with Crippen molar-refractivity contribution < 1.29 is 42.4 Å². The van der Waals surface area contributed by atoms with E-state index in [0.717, 1.165) is 5.41 Å². The van der Waals surface area contributed by atoms with E-state index in [1.807, 2.05) is 0 Å².